The molecule has 6 nitrogen and oxygen atoms in total. The van der Waals surface area contributed by atoms with Crippen LogP contribution in [0, 0.1) is 6.92 Å². The minimum absolute atomic E-state index is 0.154. The second kappa shape index (κ2) is 8.03. The van der Waals surface area contributed by atoms with Crippen LogP contribution in [0.2, 0.25) is 0 Å². The molecule has 0 fully saturated rings. The lowest BCUT2D eigenvalue weighted by Gasteiger charge is -2.18. The third-order valence-electron chi connectivity index (χ3n) is 6.91. The number of fused-ring (bicyclic) bond motifs is 2. The van der Waals surface area contributed by atoms with Gasteiger partial charge in [0.05, 0.1) is 11.4 Å². The molecule has 0 unspecified atom stereocenters. The Bertz CT molecular complexity index is 1360. The Balaban J connectivity index is 1.37. The number of para-hydroxylation sites is 2. The average molecular weight is 438 g/mol. The van der Waals surface area contributed by atoms with Crippen molar-refractivity contribution in [3.8, 4) is 17.1 Å². The lowest BCUT2D eigenvalue weighted by atomic mass is 10.1. The second-order valence-electron chi connectivity index (χ2n) is 9.01. The van der Waals surface area contributed by atoms with Crippen molar-refractivity contribution in [2.45, 2.75) is 52.0 Å². The van der Waals surface area contributed by atoms with Gasteiger partial charge in [0.25, 0.3) is 5.91 Å². The van der Waals surface area contributed by atoms with Crippen LogP contribution in [-0.2, 0) is 25.8 Å². The number of imidazole rings is 1. The Morgan fingerprint density at radius 1 is 0.970 bits per heavy atom. The number of rotatable bonds is 4. The van der Waals surface area contributed by atoms with E-state index >= 15 is 0 Å². The zero-order chi connectivity index (χ0) is 22.4. The maximum Gasteiger partial charge on any atom is 0.276 e. The first-order chi connectivity index (χ1) is 16.2. The molecule has 6 rings (SSSR count). The smallest absolute Gasteiger partial charge is 0.276 e. The van der Waals surface area contributed by atoms with Crippen LogP contribution < -0.4 is 5.32 Å². The van der Waals surface area contributed by atoms with Crippen LogP contribution in [0.5, 0.6) is 0 Å². The molecule has 0 bridgehead atoms. The van der Waals surface area contributed by atoms with Gasteiger partial charge in [0.1, 0.15) is 5.82 Å². The van der Waals surface area contributed by atoms with Gasteiger partial charge < -0.3 is 9.88 Å². The Kier molecular flexibility index (Phi) is 4.86. The Labute approximate surface area is 193 Å². The van der Waals surface area contributed by atoms with Gasteiger partial charge >= 0.3 is 0 Å². The van der Waals surface area contributed by atoms with Crippen molar-refractivity contribution in [2.75, 3.05) is 5.32 Å². The number of nitrogens with zero attached hydrogens (tertiary/aromatic N) is 4. The third-order valence-corrected chi connectivity index (χ3v) is 6.91. The lowest BCUT2D eigenvalue weighted by Crippen LogP contribution is -2.16. The zero-order valence-corrected chi connectivity index (χ0v) is 18.8. The van der Waals surface area contributed by atoms with Gasteiger partial charge in [-0.1, -0.05) is 30.3 Å². The minimum atomic E-state index is -0.154. The number of benzene rings is 2. The molecule has 2 aliphatic rings. The molecular weight excluding hydrogens is 410 g/mol. The molecule has 0 saturated heterocycles. The Hall–Kier alpha value is -3.67. The van der Waals surface area contributed by atoms with Gasteiger partial charge in [0, 0.05) is 35.3 Å². The van der Waals surface area contributed by atoms with E-state index in [0.717, 1.165) is 78.2 Å². The summed E-state index contributed by atoms with van der Waals surface area (Å²) in [6.45, 7) is 3.06. The van der Waals surface area contributed by atoms with Crippen LogP contribution in [0.25, 0.3) is 17.1 Å². The summed E-state index contributed by atoms with van der Waals surface area (Å²) >= 11 is 0. The van der Waals surface area contributed by atoms with Crippen LogP contribution in [0.1, 0.15) is 52.3 Å². The van der Waals surface area contributed by atoms with E-state index in [9.17, 15) is 4.79 Å². The monoisotopic (exact) mass is 437 g/mol. The van der Waals surface area contributed by atoms with E-state index in [1.807, 2.05) is 47.3 Å². The van der Waals surface area contributed by atoms with E-state index < -0.39 is 0 Å². The van der Waals surface area contributed by atoms with Crippen molar-refractivity contribution < 1.29 is 4.79 Å². The number of amides is 1. The van der Waals surface area contributed by atoms with Crippen molar-refractivity contribution in [1.82, 2.24) is 19.3 Å². The molecular formula is C27H27N5O. The lowest BCUT2D eigenvalue weighted by molar-refractivity contribution is 0.102. The molecule has 0 saturated carbocycles. The predicted molar refractivity (Wildman–Crippen MR) is 129 cm³/mol. The second-order valence-corrected chi connectivity index (χ2v) is 9.01. The van der Waals surface area contributed by atoms with Crippen molar-refractivity contribution in [2.24, 2.45) is 0 Å². The SMILES string of the molecule is Cc1ccccc1-n1nc(C(=O)Nc2ccccc2-c2ncc3n2CCCC3)c2c1CCC2. The maximum atomic E-state index is 13.5. The first kappa shape index (κ1) is 20.0. The number of hydrogen-bond acceptors (Lipinski definition) is 3. The summed E-state index contributed by atoms with van der Waals surface area (Å²) in [7, 11) is 0. The predicted octanol–water partition coefficient (Wildman–Crippen LogP) is 5.12. The molecule has 33 heavy (non-hydrogen) atoms. The highest BCUT2D eigenvalue weighted by molar-refractivity contribution is 6.06. The maximum absolute atomic E-state index is 13.5. The van der Waals surface area contributed by atoms with E-state index in [1.165, 1.54) is 12.1 Å². The number of aryl methyl sites for hydroxylation is 2. The fourth-order valence-electron chi connectivity index (χ4n) is 5.24. The summed E-state index contributed by atoms with van der Waals surface area (Å²) < 4.78 is 4.27. The third kappa shape index (κ3) is 3.37. The van der Waals surface area contributed by atoms with E-state index in [1.54, 1.807) is 0 Å². The highest BCUT2D eigenvalue weighted by Crippen LogP contribution is 2.32. The van der Waals surface area contributed by atoms with Crippen molar-refractivity contribution >= 4 is 11.6 Å². The fourth-order valence-corrected chi connectivity index (χ4v) is 5.24. The van der Waals surface area contributed by atoms with E-state index in [4.69, 9.17) is 10.1 Å². The summed E-state index contributed by atoms with van der Waals surface area (Å²) in [4.78, 5) is 18.2. The first-order valence-corrected chi connectivity index (χ1v) is 11.8. The summed E-state index contributed by atoms with van der Waals surface area (Å²) in [5.41, 5.74) is 7.96. The van der Waals surface area contributed by atoms with Crippen LogP contribution >= 0.6 is 0 Å². The van der Waals surface area contributed by atoms with Crippen LogP contribution in [0.3, 0.4) is 0 Å². The van der Waals surface area contributed by atoms with Gasteiger partial charge in [-0.3, -0.25) is 4.79 Å². The molecule has 1 amide bonds. The molecule has 0 spiro atoms. The summed E-state index contributed by atoms with van der Waals surface area (Å²) in [6, 6.07) is 16.1. The molecule has 3 heterocycles. The van der Waals surface area contributed by atoms with Gasteiger partial charge in [0.2, 0.25) is 0 Å². The molecule has 1 aliphatic carbocycles. The number of carbonyl (C=O) groups is 1. The first-order valence-electron chi connectivity index (χ1n) is 11.8. The number of carbonyl (C=O) groups excluding carboxylic acids is 1. The summed E-state index contributed by atoms with van der Waals surface area (Å²) in [5, 5.41) is 7.97. The van der Waals surface area contributed by atoms with Crippen LogP contribution in [-0.4, -0.2) is 25.2 Å². The normalized spacial score (nSPS) is 14.7. The van der Waals surface area contributed by atoms with Gasteiger partial charge in [-0.05, 0) is 69.2 Å². The van der Waals surface area contributed by atoms with Crippen molar-refractivity contribution in [3.05, 3.63) is 82.9 Å². The topological polar surface area (TPSA) is 64.7 Å². The highest BCUT2D eigenvalue weighted by Gasteiger charge is 2.28. The summed E-state index contributed by atoms with van der Waals surface area (Å²) in [6.07, 6.45) is 8.29. The van der Waals surface area contributed by atoms with Gasteiger partial charge in [-0.15, -0.1) is 0 Å². The molecule has 2 aromatic heterocycles. The fraction of sp³-hybridized carbons (Fsp3) is 0.296. The average Bonchev–Trinajstić information content (AvgIpc) is 3.55. The largest absolute Gasteiger partial charge is 0.328 e. The minimum Gasteiger partial charge on any atom is -0.328 e. The standard InChI is InChI=1S/C27H27N5O/c1-18-9-2-5-14-23(18)32-24-15-8-12-21(24)25(30-32)27(33)29-22-13-4-3-11-20(22)26-28-17-19-10-6-7-16-31(19)26/h2-5,9,11,13-14,17H,6-8,10,12,15-16H2,1H3,(H,29,33). The van der Waals surface area contributed by atoms with Gasteiger partial charge in [-0.2, -0.15) is 5.10 Å². The van der Waals surface area contributed by atoms with Crippen molar-refractivity contribution in [1.29, 1.82) is 0 Å². The van der Waals surface area contributed by atoms with Crippen LogP contribution in [0.4, 0.5) is 5.69 Å². The van der Waals surface area contributed by atoms with E-state index in [2.05, 4.69) is 28.9 Å². The molecule has 1 N–H and O–H groups in total. The van der Waals surface area contributed by atoms with Gasteiger partial charge in [0.15, 0.2) is 5.69 Å². The number of nitrogens with one attached hydrogen (secondary N) is 1. The summed E-state index contributed by atoms with van der Waals surface area (Å²) in [5.74, 6) is 0.773. The highest BCUT2D eigenvalue weighted by atomic mass is 16.2. The number of anilines is 1. The van der Waals surface area contributed by atoms with Crippen molar-refractivity contribution in [3.63, 3.8) is 0 Å². The molecule has 166 valence electrons. The zero-order valence-electron chi connectivity index (χ0n) is 18.8. The molecule has 2 aromatic carbocycles. The molecule has 6 heteroatoms. The molecule has 0 radical (unpaired) electrons. The van der Waals surface area contributed by atoms with E-state index in [-0.39, 0.29) is 5.91 Å². The quantitative estimate of drug-likeness (QED) is 0.482. The van der Waals surface area contributed by atoms with Gasteiger partial charge in [-0.25, -0.2) is 9.67 Å². The number of aromatic nitrogens is 4. The molecule has 1 aliphatic heterocycles. The molecule has 4 aromatic rings. The van der Waals surface area contributed by atoms with Crippen LogP contribution in [0.15, 0.2) is 54.7 Å². The Morgan fingerprint density at radius 2 is 1.82 bits per heavy atom. The van der Waals surface area contributed by atoms with E-state index in [0.29, 0.717) is 5.69 Å². The number of hydrogen-bond donors (Lipinski definition) is 1. The molecule has 0 atom stereocenters. The Morgan fingerprint density at radius 3 is 2.73 bits per heavy atom.